The molecule has 1 heterocycles. The van der Waals surface area contributed by atoms with Gasteiger partial charge in [0.05, 0.1) is 22.7 Å². The summed E-state index contributed by atoms with van der Waals surface area (Å²) in [5, 5.41) is 0. The van der Waals surface area contributed by atoms with E-state index in [0.717, 1.165) is 28.6 Å². The van der Waals surface area contributed by atoms with Crippen molar-refractivity contribution in [1.29, 1.82) is 0 Å². The van der Waals surface area contributed by atoms with Crippen LogP contribution in [0.1, 0.15) is 11.3 Å². The molecule has 0 bridgehead atoms. The van der Waals surface area contributed by atoms with Crippen LogP contribution in [0.5, 0.6) is 0 Å². The number of halogens is 3. The van der Waals surface area contributed by atoms with Crippen LogP contribution < -0.4 is 0 Å². The second-order valence-electron chi connectivity index (χ2n) is 4.60. The highest BCUT2D eigenvalue weighted by molar-refractivity contribution is 7.89. The third-order valence-corrected chi connectivity index (χ3v) is 4.82. The lowest BCUT2D eigenvalue weighted by Crippen LogP contribution is -2.27. The summed E-state index contributed by atoms with van der Waals surface area (Å²) in [6.45, 7) is 0.0319. The van der Waals surface area contributed by atoms with Crippen molar-refractivity contribution in [2.24, 2.45) is 0 Å². The Morgan fingerprint density at radius 3 is 2.23 bits per heavy atom. The van der Waals surface area contributed by atoms with E-state index in [0.29, 0.717) is 5.69 Å². The van der Waals surface area contributed by atoms with Gasteiger partial charge in [-0.05, 0) is 36.4 Å². The molecule has 0 unspecified atom stereocenters. The molecule has 0 fully saturated rings. The maximum absolute atomic E-state index is 12.5. The van der Waals surface area contributed by atoms with Gasteiger partial charge in [0.25, 0.3) is 0 Å². The number of benzene rings is 1. The minimum absolute atomic E-state index is 0.0319. The number of rotatable bonds is 4. The Bertz CT molecular complexity index is 729. The molecular weight excluding hydrogens is 317 g/mol. The van der Waals surface area contributed by atoms with Gasteiger partial charge in [0.2, 0.25) is 10.0 Å². The molecule has 0 atom stereocenters. The predicted molar refractivity (Wildman–Crippen MR) is 74.3 cm³/mol. The molecule has 8 heteroatoms. The molecule has 118 valence electrons. The molecule has 1 aromatic heterocycles. The average Bonchev–Trinajstić information content (AvgIpc) is 2.47. The first-order valence-corrected chi connectivity index (χ1v) is 7.69. The van der Waals surface area contributed by atoms with Crippen LogP contribution in [0.3, 0.4) is 0 Å². The van der Waals surface area contributed by atoms with Crippen LogP contribution in [0.4, 0.5) is 13.2 Å². The third kappa shape index (κ3) is 3.63. The predicted octanol–water partition coefficient (Wildman–Crippen LogP) is 2.92. The molecule has 0 aliphatic rings. The lowest BCUT2D eigenvalue weighted by atomic mass is 10.2. The highest BCUT2D eigenvalue weighted by atomic mass is 32.2. The lowest BCUT2D eigenvalue weighted by Gasteiger charge is -2.17. The van der Waals surface area contributed by atoms with Crippen LogP contribution >= 0.6 is 0 Å². The largest absolute Gasteiger partial charge is 0.416 e. The topological polar surface area (TPSA) is 50.3 Å². The van der Waals surface area contributed by atoms with E-state index in [1.165, 1.54) is 13.2 Å². The van der Waals surface area contributed by atoms with Crippen LogP contribution in [0.25, 0.3) is 0 Å². The fraction of sp³-hybridized carbons (Fsp3) is 0.214. The van der Waals surface area contributed by atoms with E-state index in [9.17, 15) is 21.6 Å². The normalized spacial score (nSPS) is 12.6. The van der Waals surface area contributed by atoms with Crippen molar-refractivity contribution in [1.82, 2.24) is 9.29 Å². The van der Waals surface area contributed by atoms with Crippen LogP contribution in [0, 0.1) is 0 Å². The van der Waals surface area contributed by atoms with Crippen molar-refractivity contribution in [3.8, 4) is 0 Å². The molecule has 4 nitrogen and oxygen atoms in total. The Labute approximate surface area is 126 Å². The monoisotopic (exact) mass is 330 g/mol. The summed E-state index contributed by atoms with van der Waals surface area (Å²) >= 11 is 0. The Morgan fingerprint density at radius 1 is 1.09 bits per heavy atom. The highest BCUT2D eigenvalue weighted by Gasteiger charge is 2.31. The van der Waals surface area contributed by atoms with Gasteiger partial charge in [0.15, 0.2) is 0 Å². The summed E-state index contributed by atoms with van der Waals surface area (Å²) in [6, 6.07) is 8.50. The molecule has 1 aromatic carbocycles. The summed E-state index contributed by atoms with van der Waals surface area (Å²) in [7, 11) is -2.52. The third-order valence-electron chi connectivity index (χ3n) is 3.00. The van der Waals surface area contributed by atoms with Gasteiger partial charge in [-0.1, -0.05) is 6.07 Å². The van der Waals surface area contributed by atoms with E-state index in [2.05, 4.69) is 4.98 Å². The molecule has 0 radical (unpaired) electrons. The van der Waals surface area contributed by atoms with Gasteiger partial charge in [-0.25, -0.2) is 8.42 Å². The van der Waals surface area contributed by atoms with Crippen LogP contribution in [0.2, 0.25) is 0 Å². The molecule has 22 heavy (non-hydrogen) atoms. The Morgan fingerprint density at radius 2 is 1.73 bits per heavy atom. The second-order valence-corrected chi connectivity index (χ2v) is 6.65. The molecule has 0 saturated carbocycles. The van der Waals surface area contributed by atoms with Gasteiger partial charge in [0, 0.05) is 13.2 Å². The van der Waals surface area contributed by atoms with Crippen molar-refractivity contribution < 1.29 is 21.6 Å². The maximum Gasteiger partial charge on any atom is 0.416 e. The molecule has 0 aliphatic carbocycles. The first-order valence-electron chi connectivity index (χ1n) is 6.25. The maximum atomic E-state index is 12.5. The van der Waals surface area contributed by atoms with Gasteiger partial charge in [0.1, 0.15) is 0 Å². The summed E-state index contributed by atoms with van der Waals surface area (Å²) < 4.78 is 63.2. The molecule has 2 rings (SSSR count). The fourth-order valence-electron chi connectivity index (χ4n) is 1.80. The van der Waals surface area contributed by atoms with E-state index < -0.39 is 21.8 Å². The number of hydrogen-bond acceptors (Lipinski definition) is 3. The number of pyridine rings is 1. The van der Waals surface area contributed by atoms with Gasteiger partial charge in [-0.3, -0.25) is 4.98 Å². The lowest BCUT2D eigenvalue weighted by molar-refractivity contribution is -0.137. The molecule has 0 amide bonds. The van der Waals surface area contributed by atoms with Gasteiger partial charge in [-0.15, -0.1) is 0 Å². The smallest absolute Gasteiger partial charge is 0.260 e. The van der Waals surface area contributed by atoms with E-state index in [4.69, 9.17) is 0 Å². The first kappa shape index (κ1) is 16.4. The fourth-order valence-corrected chi connectivity index (χ4v) is 2.94. The minimum Gasteiger partial charge on any atom is -0.260 e. The van der Waals surface area contributed by atoms with Gasteiger partial charge < -0.3 is 0 Å². The van der Waals surface area contributed by atoms with Crippen LogP contribution in [0.15, 0.2) is 53.6 Å². The number of hydrogen-bond donors (Lipinski definition) is 0. The van der Waals surface area contributed by atoms with E-state index in [1.807, 2.05) is 0 Å². The minimum atomic E-state index is -4.50. The second kappa shape index (κ2) is 6.05. The summed E-state index contributed by atoms with van der Waals surface area (Å²) in [4.78, 5) is 3.82. The Balaban J connectivity index is 2.22. The van der Waals surface area contributed by atoms with E-state index in [-0.39, 0.29) is 11.4 Å². The summed E-state index contributed by atoms with van der Waals surface area (Å²) in [5.74, 6) is 0. The summed E-state index contributed by atoms with van der Waals surface area (Å²) in [6.07, 6.45) is -2.96. The van der Waals surface area contributed by atoms with Gasteiger partial charge in [-0.2, -0.15) is 17.5 Å². The molecular formula is C14H13F3N2O2S. The molecule has 0 saturated heterocycles. The molecule has 2 aromatic rings. The molecule has 0 aliphatic heterocycles. The van der Waals surface area contributed by atoms with Crippen LogP contribution in [-0.2, 0) is 22.7 Å². The van der Waals surface area contributed by atoms with Gasteiger partial charge >= 0.3 is 6.18 Å². The quantitative estimate of drug-likeness (QED) is 0.866. The number of aromatic nitrogens is 1. The zero-order chi connectivity index (χ0) is 16.4. The highest BCUT2D eigenvalue weighted by Crippen LogP contribution is 2.30. The van der Waals surface area contributed by atoms with Crippen molar-refractivity contribution >= 4 is 10.0 Å². The van der Waals surface area contributed by atoms with E-state index in [1.54, 1.807) is 18.2 Å². The summed E-state index contributed by atoms with van der Waals surface area (Å²) in [5.41, 5.74) is -0.348. The first-order chi connectivity index (χ1) is 10.2. The average molecular weight is 330 g/mol. The standard InChI is InChI=1S/C14H13F3N2O2S/c1-19(10-12-4-2-3-9-18-12)22(20,21)13-7-5-11(6-8-13)14(15,16)17/h2-9H,10H2,1H3. The number of sulfonamides is 1. The molecule has 0 spiro atoms. The van der Waals surface area contributed by atoms with Crippen molar-refractivity contribution in [3.05, 3.63) is 59.9 Å². The van der Waals surface area contributed by atoms with Crippen molar-refractivity contribution in [3.63, 3.8) is 0 Å². The van der Waals surface area contributed by atoms with E-state index >= 15 is 0 Å². The Kier molecular flexibility index (Phi) is 4.52. The van der Waals surface area contributed by atoms with Crippen LogP contribution in [-0.4, -0.2) is 24.8 Å². The zero-order valence-corrected chi connectivity index (χ0v) is 12.4. The Hall–Kier alpha value is -1.93. The van der Waals surface area contributed by atoms with Crippen molar-refractivity contribution in [2.45, 2.75) is 17.6 Å². The van der Waals surface area contributed by atoms with Crippen molar-refractivity contribution in [2.75, 3.05) is 7.05 Å². The SMILES string of the molecule is CN(Cc1ccccn1)S(=O)(=O)c1ccc(C(F)(F)F)cc1. The zero-order valence-electron chi connectivity index (χ0n) is 11.6. The number of nitrogens with zero attached hydrogens (tertiary/aromatic N) is 2. The number of alkyl halides is 3. The molecule has 0 N–H and O–H groups in total.